The summed E-state index contributed by atoms with van der Waals surface area (Å²) < 4.78 is 79.1. The van der Waals surface area contributed by atoms with E-state index in [0.717, 1.165) is 89.2 Å². The number of anilines is 1. The summed E-state index contributed by atoms with van der Waals surface area (Å²) in [6, 6.07) is 31.8. The fourth-order valence-corrected chi connectivity index (χ4v) is 15.4. The van der Waals surface area contributed by atoms with Crippen LogP contribution in [0, 0.1) is 0 Å². The van der Waals surface area contributed by atoms with Crippen LogP contribution in [0.4, 0.5) is 5.69 Å². The molecular formula is C57H65Cl7N6O6S3. The van der Waals surface area contributed by atoms with E-state index in [1.807, 2.05) is 57.5 Å². The Kier molecular flexibility index (Phi) is 22.4. The van der Waals surface area contributed by atoms with Gasteiger partial charge in [-0.05, 0) is 177 Å². The maximum absolute atomic E-state index is 13.4. The highest BCUT2D eigenvalue weighted by Gasteiger charge is 2.31. The molecule has 3 unspecified atom stereocenters. The lowest BCUT2D eigenvalue weighted by molar-refractivity contribution is 0.295. The second-order valence-electron chi connectivity index (χ2n) is 20.3. The maximum atomic E-state index is 13.4. The van der Waals surface area contributed by atoms with Gasteiger partial charge in [0.1, 0.15) is 0 Å². The molecular weight excluding hydrogens is 1210 g/mol. The summed E-state index contributed by atoms with van der Waals surface area (Å²) in [5, 5.41) is 3.55. The molecule has 3 aliphatic heterocycles. The molecule has 79 heavy (non-hydrogen) atoms. The first-order valence-corrected chi connectivity index (χ1v) is 33.5. The van der Waals surface area contributed by atoms with Gasteiger partial charge in [0.15, 0.2) is 9.84 Å². The number of rotatable bonds is 16. The van der Waals surface area contributed by atoms with Crippen LogP contribution in [-0.2, 0) is 48.4 Å². The van der Waals surface area contributed by atoms with Gasteiger partial charge in [0.05, 0.1) is 20.4 Å². The van der Waals surface area contributed by atoms with E-state index in [2.05, 4.69) is 19.4 Å². The molecule has 3 heterocycles. The van der Waals surface area contributed by atoms with Crippen molar-refractivity contribution in [2.45, 2.75) is 84.1 Å². The van der Waals surface area contributed by atoms with Crippen molar-refractivity contribution in [3.05, 3.63) is 184 Å². The normalized spacial score (nSPS) is 17.6. The van der Waals surface area contributed by atoms with Gasteiger partial charge in [0.2, 0.25) is 10.0 Å². The minimum Gasteiger partial charge on any atom is -0.374 e. The molecule has 0 radical (unpaired) electrons. The van der Waals surface area contributed by atoms with E-state index in [1.165, 1.54) is 6.07 Å². The van der Waals surface area contributed by atoms with Crippen LogP contribution in [-0.4, -0.2) is 101 Å². The van der Waals surface area contributed by atoms with Crippen molar-refractivity contribution in [2.24, 2.45) is 11.5 Å². The highest BCUT2D eigenvalue weighted by Crippen LogP contribution is 2.42. The molecule has 0 spiro atoms. The Labute approximate surface area is 501 Å². The van der Waals surface area contributed by atoms with Crippen molar-refractivity contribution < 1.29 is 25.3 Å². The van der Waals surface area contributed by atoms with Gasteiger partial charge in [-0.25, -0.2) is 30.0 Å². The first-order valence-electron chi connectivity index (χ1n) is 25.8. The molecule has 3 atom stereocenters. The third kappa shape index (κ3) is 16.5. The van der Waals surface area contributed by atoms with Gasteiger partial charge in [0, 0.05) is 111 Å². The quantitative estimate of drug-likeness (QED) is 0.0621. The third-order valence-electron chi connectivity index (χ3n) is 14.3. The van der Waals surface area contributed by atoms with Crippen LogP contribution in [0.15, 0.2) is 124 Å². The minimum absolute atomic E-state index is 0.0154. The number of fused-ring (bicyclic) bond motifs is 3. The lowest BCUT2D eigenvalue weighted by Crippen LogP contribution is -2.31. The molecule has 0 bridgehead atoms. The fourth-order valence-electron chi connectivity index (χ4n) is 10.4. The summed E-state index contributed by atoms with van der Waals surface area (Å²) in [7, 11) is 0.388. The van der Waals surface area contributed by atoms with Crippen LogP contribution in [0.25, 0.3) is 0 Å². The summed E-state index contributed by atoms with van der Waals surface area (Å²) >= 11 is 38.1. The predicted molar refractivity (Wildman–Crippen MR) is 326 cm³/mol. The summed E-state index contributed by atoms with van der Waals surface area (Å²) in [5.74, 6) is -0.0547. The van der Waals surface area contributed by atoms with Gasteiger partial charge < -0.3 is 26.2 Å². The highest BCUT2D eigenvalue weighted by atomic mass is 35.7. The highest BCUT2D eigenvalue weighted by molar-refractivity contribution is 8.13. The van der Waals surface area contributed by atoms with E-state index in [1.54, 1.807) is 66.7 Å². The van der Waals surface area contributed by atoms with Gasteiger partial charge in [-0.3, -0.25) is 0 Å². The van der Waals surface area contributed by atoms with Crippen molar-refractivity contribution in [1.29, 1.82) is 0 Å². The Morgan fingerprint density at radius 1 is 0.532 bits per heavy atom. The zero-order valence-electron chi connectivity index (χ0n) is 44.0. The van der Waals surface area contributed by atoms with Crippen LogP contribution in [0.3, 0.4) is 0 Å². The molecule has 0 aromatic heterocycles. The summed E-state index contributed by atoms with van der Waals surface area (Å²) in [6.45, 7) is 5.34. The van der Waals surface area contributed by atoms with E-state index < -0.39 is 28.9 Å². The molecule has 0 fully saturated rings. The second-order valence-corrected chi connectivity index (χ2v) is 29.3. The van der Waals surface area contributed by atoms with Gasteiger partial charge in [-0.2, -0.15) is 0 Å². The molecule has 3 aliphatic rings. The van der Waals surface area contributed by atoms with Gasteiger partial charge in [0.25, 0.3) is 9.05 Å². The molecule has 6 aromatic carbocycles. The summed E-state index contributed by atoms with van der Waals surface area (Å²) in [6.07, 6.45) is 4.28. The van der Waals surface area contributed by atoms with Crippen LogP contribution < -0.4 is 21.1 Å². The number of sulfonamides is 1. The molecule has 22 heteroatoms. The maximum Gasteiger partial charge on any atom is 0.261 e. The number of nitrogens with one attached hydrogen (secondary N) is 1. The monoisotopic (exact) mass is 1270 g/mol. The Balaban J connectivity index is 0.000000256. The molecule has 0 saturated heterocycles. The van der Waals surface area contributed by atoms with Crippen molar-refractivity contribution in [3.63, 3.8) is 0 Å². The van der Waals surface area contributed by atoms with E-state index in [4.69, 9.17) is 91.8 Å². The molecule has 6 aromatic rings. The zero-order valence-corrected chi connectivity index (χ0v) is 51.8. The number of sulfone groups is 1. The van der Waals surface area contributed by atoms with Gasteiger partial charge in [-0.1, -0.05) is 112 Å². The Morgan fingerprint density at radius 2 is 1.00 bits per heavy atom. The van der Waals surface area contributed by atoms with Crippen LogP contribution in [0.1, 0.15) is 94.4 Å². The smallest absolute Gasteiger partial charge is 0.261 e. The Morgan fingerprint density at radius 3 is 1.53 bits per heavy atom. The Bertz CT molecular complexity index is 3480. The largest absolute Gasteiger partial charge is 0.374 e. The number of benzene rings is 6. The minimum atomic E-state index is -3.76. The average molecular weight is 1270 g/mol. The molecule has 12 nitrogen and oxygen atoms in total. The van der Waals surface area contributed by atoms with Crippen LogP contribution in [0.2, 0.25) is 30.1 Å². The number of halogens is 7. The molecule has 5 N–H and O–H groups in total. The predicted octanol–water partition coefficient (Wildman–Crippen LogP) is 12.8. The van der Waals surface area contributed by atoms with Crippen molar-refractivity contribution in [2.75, 3.05) is 71.1 Å². The fraction of sp³-hybridized carbons (Fsp3) is 0.368. The lowest BCUT2D eigenvalue weighted by atomic mass is 9.85. The SMILES string of the molecule is CN1Cc2c(Cl)cc(Cl)cc2C(c2cccc(S(=O)(=O)CCCCCNS(=O)(=O)c3cccc(C4Cc5c(Cl)cc(Cl)cc5N(C)C4)c3)c2)C1.CN1Cc2c(Cl)cc(Cl)cc2C(c2cccc(S(=O)(=O)Cl)c2)C1.NCCCCN. The molecule has 0 aliphatic carbocycles. The molecule has 426 valence electrons. The van der Waals surface area contributed by atoms with Crippen molar-refractivity contribution >= 4 is 115 Å². The molecule has 0 saturated carbocycles. The molecule has 0 amide bonds. The second kappa shape index (κ2) is 27.9. The van der Waals surface area contributed by atoms with E-state index in [9.17, 15) is 25.3 Å². The number of hydrogen-bond acceptors (Lipinski definition) is 11. The number of nitrogens with two attached hydrogens (primary N) is 2. The van der Waals surface area contributed by atoms with Crippen molar-refractivity contribution in [1.82, 2.24) is 14.5 Å². The summed E-state index contributed by atoms with van der Waals surface area (Å²) in [4.78, 5) is 6.98. The standard InChI is InChI=1S/C37H39Cl4N3O4S2.C16H14Cl3NO2S.C4H12N2/c1-43-22-33(31-17-27(38)18-36(41)34(31)23-43)25-9-7-10-29(15-25)49(45,46)13-5-3-4-12-42-50(47,48)30-11-6-8-24(14-30)26-16-32-35(40)19-28(39)20-37(32)44(2)21-26;1-20-8-14(10-3-2-4-12(5-10)23(19,21)22)13-6-11(17)7-16(18)15(13)9-20;5-3-1-2-4-6/h6-11,14-15,17-20,26,33,42H,3-5,12-13,16,21-23H2,1-2H3;2-7,14H,8-9H2,1H3;1-6H2. The summed E-state index contributed by atoms with van der Waals surface area (Å²) in [5.41, 5.74) is 19.1. The lowest BCUT2D eigenvalue weighted by Gasteiger charge is -2.34. The van der Waals surface area contributed by atoms with Crippen LogP contribution in [0.5, 0.6) is 0 Å². The van der Waals surface area contributed by atoms with Gasteiger partial charge >= 0.3 is 0 Å². The average Bonchev–Trinajstić information content (AvgIpc) is 3.43. The zero-order chi connectivity index (χ0) is 57.4. The third-order valence-corrected chi connectivity index (χ3v) is 20.6. The first-order chi connectivity index (χ1) is 37.4. The van der Waals surface area contributed by atoms with Crippen molar-refractivity contribution in [3.8, 4) is 0 Å². The van der Waals surface area contributed by atoms with Gasteiger partial charge in [-0.15, -0.1) is 0 Å². The molecule has 9 rings (SSSR count). The topological polar surface area (TPSA) is 176 Å². The van der Waals surface area contributed by atoms with E-state index in [0.29, 0.717) is 75.5 Å². The number of nitrogens with zero attached hydrogens (tertiary/aromatic N) is 3. The van der Waals surface area contributed by atoms with E-state index in [-0.39, 0.29) is 44.7 Å². The van der Waals surface area contributed by atoms with Crippen LogP contribution >= 0.6 is 80.3 Å². The number of likely N-dealkylation sites (N-methyl/N-ethyl adjacent to an activating group) is 3. The first kappa shape index (κ1) is 63.4. The number of unbranched alkanes of at least 4 members (excludes halogenated alkanes) is 3. The number of hydrogen-bond donors (Lipinski definition) is 3. The van der Waals surface area contributed by atoms with E-state index >= 15 is 0 Å². The Hall–Kier alpha value is -3.20.